The summed E-state index contributed by atoms with van der Waals surface area (Å²) in [6, 6.07) is -0.618. The lowest BCUT2D eigenvalue weighted by Gasteiger charge is -2.24. The van der Waals surface area contributed by atoms with Crippen LogP contribution in [0.4, 0.5) is 0 Å². The Bertz CT molecular complexity index is 409. The summed E-state index contributed by atoms with van der Waals surface area (Å²) < 4.78 is 5.68. The van der Waals surface area contributed by atoms with Gasteiger partial charge in [0.25, 0.3) is 0 Å². The van der Waals surface area contributed by atoms with Crippen LogP contribution in [0.2, 0.25) is 0 Å². The molecule has 2 fully saturated rings. The van der Waals surface area contributed by atoms with E-state index >= 15 is 0 Å². The predicted octanol–water partition coefficient (Wildman–Crippen LogP) is 2.54. The van der Waals surface area contributed by atoms with Crippen molar-refractivity contribution in [2.45, 2.75) is 65.0 Å². The topological polar surface area (TPSA) is 66.8 Å². The van der Waals surface area contributed by atoms with E-state index in [1.807, 2.05) is 6.92 Å². The van der Waals surface area contributed by atoms with E-state index in [1.54, 1.807) is 4.90 Å². The van der Waals surface area contributed by atoms with E-state index in [2.05, 4.69) is 13.8 Å². The third-order valence-corrected chi connectivity index (χ3v) is 4.99. The van der Waals surface area contributed by atoms with Crippen LogP contribution in [-0.2, 0) is 14.3 Å². The Morgan fingerprint density at radius 1 is 1.27 bits per heavy atom. The zero-order chi connectivity index (χ0) is 16.3. The van der Waals surface area contributed by atoms with E-state index in [9.17, 15) is 14.7 Å². The van der Waals surface area contributed by atoms with E-state index in [1.165, 1.54) is 0 Å². The van der Waals surface area contributed by atoms with Gasteiger partial charge in [0.2, 0.25) is 5.91 Å². The van der Waals surface area contributed by atoms with Crippen LogP contribution in [0.25, 0.3) is 0 Å². The molecule has 1 saturated carbocycles. The molecule has 5 heteroatoms. The summed E-state index contributed by atoms with van der Waals surface area (Å²) in [5.41, 5.74) is 0. The summed E-state index contributed by atoms with van der Waals surface area (Å²) in [5, 5.41) is 9.47. The van der Waals surface area contributed by atoms with Gasteiger partial charge in [-0.1, -0.05) is 20.3 Å². The van der Waals surface area contributed by atoms with Crippen molar-refractivity contribution < 1.29 is 19.4 Å². The Balaban J connectivity index is 1.83. The molecule has 2 aliphatic rings. The molecule has 1 saturated heterocycles. The van der Waals surface area contributed by atoms with Crippen LogP contribution in [0.5, 0.6) is 0 Å². The highest BCUT2D eigenvalue weighted by atomic mass is 16.5. The number of likely N-dealkylation sites (tertiary alicyclic amines) is 1. The second-order valence-corrected chi connectivity index (χ2v) is 7.24. The number of hydrogen-bond acceptors (Lipinski definition) is 3. The number of fused-ring (bicyclic) bond motifs is 1. The average Bonchev–Trinajstić information content (AvgIpc) is 2.96. The Kier molecular flexibility index (Phi) is 5.84. The largest absolute Gasteiger partial charge is 0.480 e. The molecule has 1 N–H and O–H groups in total. The molecule has 1 heterocycles. The maximum Gasteiger partial charge on any atom is 0.326 e. The number of hydrogen-bond donors (Lipinski definition) is 1. The fourth-order valence-electron chi connectivity index (χ4n) is 4.10. The van der Waals surface area contributed by atoms with Gasteiger partial charge in [-0.15, -0.1) is 0 Å². The number of carbonyl (C=O) groups excluding carboxylic acids is 1. The first kappa shape index (κ1) is 17.3. The van der Waals surface area contributed by atoms with Crippen molar-refractivity contribution in [3.63, 3.8) is 0 Å². The molecule has 0 aromatic carbocycles. The number of rotatable bonds is 7. The number of carboxylic acids is 1. The third-order valence-electron chi connectivity index (χ3n) is 4.99. The van der Waals surface area contributed by atoms with Crippen LogP contribution >= 0.6 is 0 Å². The number of ether oxygens (including phenoxy) is 1. The van der Waals surface area contributed by atoms with Gasteiger partial charge in [-0.3, -0.25) is 4.79 Å². The highest BCUT2D eigenvalue weighted by Gasteiger charge is 2.49. The molecule has 0 aromatic rings. The van der Waals surface area contributed by atoms with Gasteiger partial charge in [0, 0.05) is 6.54 Å². The SMILES string of the molecule is CC(C)CC(C)OCCC(=O)N1CC2CCCC2C1C(=O)O. The zero-order valence-corrected chi connectivity index (χ0v) is 14.0. The molecule has 0 aromatic heterocycles. The van der Waals surface area contributed by atoms with Crippen LogP contribution in [0.3, 0.4) is 0 Å². The molecule has 4 unspecified atom stereocenters. The lowest BCUT2D eigenvalue weighted by atomic mass is 9.94. The fraction of sp³-hybridized carbons (Fsp3) is 0.882. The van der Waals surface area contributed by atoms with E-state index in [4.69, 9.17) is 4.74 Å². The van der Waals surface area contributed by atoms with Gasteiger partial charge >= 0.3 is 5.97 Å². The second-order valence-electron chi connectivity index (χ2n) is 7.24. The lowest BCUT2D eigenvalue weighted by Crippen LogP contribution is -2.43. The van der Waals surface area contributed by atoms with Crippen molar-refractivity contribution >= 4 is 11.9 Å². The fourth-order valence-corrected chi connectivity index (χ4v) is 4.10. The first-order valence-corrected chi connectivity index (χ1v) is 8.54. The van der Waals surface area contributed by atoms with E-state index < -0.39 is 12.0 Å². The van der Waals surface area contributed by atoms with Crippen LogP contribution in [0.1, 0.15) is 52.9 Å². The minimum atomic E-state index is -0.850. The number of aliphatic carboxylic acids is 1. The van der Waals surface area contributed by atoms with Crippen LogP contribution < -0.4 is 0 Å². The summed E-state index contributed by atoms with van der Waals surface area (Å²) in [6.45, 7) is 7.30. The summed E-state index contributed by atoms with van der Waals surface area (Å²) in [4.78, 5) is 25.5. The normalized spacial score (nSPS) is 28.9. The summed E-state index contributed by atoms with van der Waals surface area (Å²) >= 11 is 0. The predicted molar refractivity (Wildman–Crippen MR) is 83.5 cm³/mol. The standard InChI is InChI=1S/C17H29NO4/c1-11(2)9-12(3)22-8-7-15(19)18-10-13-5-4-6-14(13)16(18)17(20)21/h11-14,16H,4-10H2,1-3H3,(H,20,21). The summed E-state index contributed by atoms with van der Waals surface area (Å²) in [6.07, 6.45) is 4.48. The van der Waals surface area contributed by atoms with Gasteiger partial charge in [0.15, 0.2) is 0 Å². The first-order chi connectivity index (χ1) is 10.4. The quantitative estimate of drug-likeness (QED) is 0.784. The Labute approximate surface area is 133 Å². The third kappa shape index (κ3) is 4.00. The van der Waals surface area contributed by atoms with Gasteiger partial charge in [0.05, 0.1) is 19.1 Å². The molecule has 0 bridgehead atoms. The molecule has 5 nitrogen and oxygen atoms in total. The molecule has 22 heavy (non-hydrogen) atoms. The molecule has 1 amide bonds. The molecule has 126 valence electrons. The minimum absolute atomic E-state index is 0.0708. The maximum absolute atomic E-state index is 12.4. The van der Waals surface area contributed by atoms with Crippen LogP contribution in [0, 0.1) is 17.8 Å². The van der Waals surface area contributed by atoms with E-state index in [0.29, 0.717) is 25.0 Å². The van der Waals surface area contributed by atoms with Gasteiger partial charge in [-0.05, 0) is 43.9 Å². The smallest absolute Gasteiger partial charge is 0.326 e. The molecule has 2 rings (SSSR count). The molecule has 1 aliphatic heterocycles. The summed E-state index contributed by atoms with van der Waals surface area (Å²) in [7, 11) is 0. The lowest BCUT2D eigenvalue weighted by molar-refractivity contribution is -0.150. The molecule has 0 spiro atoms. The Morgan fingerprint density at radius 2 is 2.00 bits per heavy atom. The monoisotopic (exact) mass is 311 g/mol. The van der Waals surface area contributed by atoms with Crippen molar-refractivity contribution in [3.05, 3.63) is 0 Å². The molecular weight excluding hydrogens is 282 g/mol. The number of amides is 1. The van der Waals surface area contributed by atoms with Gasteiger partial charge in [0.1, 0.15) is 6.04 Å². The molecular formula is C17H29NO4. The maximum atomic E-state index is 12.4. The van der Waals surface area contributed by atoms with Crippen molar-refractivity contribution in [2.24, 2.45) is 17.8 Å². The van der Waals surface area contributed by atoms with Crippen molar-refractivity contribution in [1.82, 2.24) is 4.90 Å². The van der Waals surface area contributed by atoms with Gasteiger partial charge in [-0.25, -0.2) is 4.79 Å². The Morgan fingerprint density at radius 3 is 2.64 bits per heavy atom. The van der Waals surface area contributed by atoms with Crippen molar-refractivity contribution in [1.29, 1.82) is 0 Å². The Hall–Kier alpha value is -1.10. The van der Waals surface area contributed by atoms with Crippen LogP contribution in [-0.4, -0.2) is 47.2 Å². The van der Waals surface area contributed by atoms with Crippen molar-refractivity contribution in [2.75, 3.05) is 13.2 Å². The van der Waals surface area contributed by atoms with Gasteiger partial charge < -0.3 is 14.7 Å². The molecule has 4 atom stereocenters. The van der Waals surface area contributed by atoms with Crippen LogP contribution in [0.15, 0.2) is 0 Å². The highest BCUT2D eigenvalue weighted by Crippen LogP contribution is 2.42. The van der Waals surface area contributed by atoms with E-state index in [0.717, 1.165) is 25.7 Å². The number of carbonyl (C=O) groups is 2. The highest BCUT2D eigenvalue weighted by molar-refractivity contribution is 5.84. The first-order valence-electron chi connectivity index (χ1n) is 8.54. The summed E-state index contributed by atoms with van der Waals surface area (Å²) in [5.74, 6) is 0.184. The molecule has 0 radical (unpaired) electrons. The second kappa shape index (κ2) is 7.44. The van der Waals surface area contributed by atoms with Crippen molar-refractivity contribution in [3.8, 4) is 0 Å². The molecule has 1 aliphatic carbocycles. The zero-order valence-electron chi connectivity index (χ0n) is 14.0. The van der Waals surface area contributed by atoms with E-state index in [-0.39, 0.29) is 24.3 Å². The minimum Gasteiger partial charge on any atom is -0.480 e. The average molecular weight is 311 g/mol. The number of nitrogens with zero attached hydrogens (tertiary/aromatic N) is 1. The van der Waals surface area contributed by atoms with Gasteiger partial charge in [-0.2, -0.15) is 0 Å². The number of carboxylic acid groups (broad SMARTS) is 1.